The van der Waals surface area contributed by atoms with Gasteiger partial charge in [-0.1, -0.05) is 0 Å². The van der Waals surface area contributed by atoms with Gasteiger partial charge in [-0.25, -0.2) is 4.98 Å². The summed E-state index contributed by atoms with van der Waals surface area (Å²) < 4.78 is 41.0. The average molecular weight is 324 g/mol. The lowest BCUT2D eigenvalue weighted by Crippen LogP contribution is -2.06. The fourth-order valence-electron chi connectivity index (χ4n) is 2.39. The normalized spacial score (nSPS) is 11.9. The van der Waals surface area contributed by atoms with Crippen molar-refractivity contribution in [2.45, 2.75) is 13.1 Å². The molecule has 122 valence electrons. The molecule has 0 aromatic carbocycles. The molecule has 0 spiro atoms. The Morgan fingerprint density at radius 3 is 2.74 bits per heavy atom. The van der Waals surface area contributed by atoms with Crippen molar-refractivity contribution in [3.63, 3.8) is 0 Å². The second kappa shape index (κ2) is 5.49. The molecule has 3 aromatic heterocycles. The number of nitrogens with zero attached hydrogens (tertiary/aromatic N) is 3. The first-order valence-corrected chi connectivity index (χ1v) is 6.97. The van der Waals surface area contributed by atoms with Crippen LogP contribution in [0, 0.1) is 0 Å². The fraction of sp³-hybridized carbons (Fsp3) is 0.286. The molecule has 3 N–H and O–H groups in total. The number of halogens is 3. The van der Waals surface area contributed by atoms with Gasteiger partial charge in [-0.05, 0) is 6.92 Å². The molecule has 0 saturated carbocycles. The van der Waals surface area contributed by atoms with Crippen molar-refractivity contribution in [2.24, 2.45) is 7.05 Å². The maximum atomic E-state index is 13.1. The van der Waals surface area contributed by atoms with E-state index in [9.17, 15) is 13.2 Å². The monoisotopic (exact) mass is 324 g/mol. The molecule has 0 radical (unpaired) electrons. The van der Waals surface area contributed by atoms with Crippen LogP contribution in [0.2, 0.25) is 0 Å². The zero-order valence-corrected chi connectivity index (χ0v) is 12.5. The highest BCUT2D eigenvalue weighted by Gasteiger charge is 2.35. The molecule has 3 rings (SSSR count). The predicted octanol–water partition coefficient (Wildman–Crippen LogP) is 3.49. The van der Waals surface area contributed by atoms with Crippen molar-refractivity contribution < 1.29 is 13.2 Å². The molecule has 3 aromatic rings. The summed E-state index contributed by atoms with van der Waals surface area (Å²) in [7, 11) is 1.77. The van der Waals surface area contributed by atoms with Gasteiger partial charge in [-0.3, -0.25) is 4.68 Å². The topological polar surface area (TPSA) is 70.6 Å². The second-order valence-corrected chi connectivity index (χ2v) is 5.04. The third-order valence-corrected chi connectivity index (χ3v) is 3.29. The summed E-state index contributed by atoms with van der Waals surface area (Å²) in [5.74, 6) is 0.428. The molecule has 0 amide bonds. The third-order valence-electron chi connectivity index (χ3n) is 3.29. The first-order valence-electron chi connectivity index (χ1n) is 6.97. The predicted molar refractivity (Wildman–Crippen MR) is 81.8 cm³/mol. The number of H-pyrrole nitrogens is 1. The maximum absolute atomic E-state index is 13.1. The van der Waals surface area contributed by atoms with Crippen molar-refractivity contribution in [1.29, 1.82) is 0 Å². The summed E-state index contributed by atoms with van der Waals surface area (Å²) in [5.41, 5.74) is 0.507. The van der Waals surface area contributed by atoms with Crippen LogP contribution in [0.5, 0.6) is 0 Å². The standard InChI is InChI=1S/C14H15F3N6/c1-3-18-10-4-11(21-8-5-20-23(2)7-8)22-13-12(10)9(6-19-13)14(15,16)17/h4-7H,3H2,1-2H3,(H3,18,19,21,22). The number of aromatic nitrogens is 4. The van der Waals surface area contributed by atoms with Gasteiger partial charge in [0.15, 0.2) is 0 Å². The largest absolute Gasteiger partial charge is 0.418 e. The van der Waals surface area contributed by atoms with E-state index < -0.39 is 11.7 Å². The number of hydrogen-bond donors (Lipinski definition) is 3. The number of rotatable bonds is 4. The van der Waals surface area contributed by atoms with E-state index >= 15 is 0 Å². The molecule has 0 saturated heterocycles. The Balaban J connectivity index is 2.08. The van der Waals surface area contributed by atoms with Crippen LogP contribution in [-0.4, -0.2) is 26.3 Å². The van der Waals surface area contributed by atoms with E-state index in [1.165, 1.54) is 0 Å². The summed E-state index contributed by atoms with van der Waals surface area (Å²) in [6.45, 7) is 2.31. The summed E-state index contributed by atoms with van der Waals surface area (Å²) in [6, 6.07) is 1.56. The van der Waals surface area contributed by atoms with E-state index in [4.69, 9.17) is 0 Å². The zero-order valence-electron chi connectivity index (χ0n) is 12.5. The molecule has 0 aliphatic heterocycles. The van der Waals surface area contributed by atoms with Gasteiger partial charge in [0, 0.05) is 37.7 Å². The summed E-state index contributed by atoms with van der Waals surface area (Å²) in [4.78, 5) is 6.81. The van der Waals surface area contributed by atoms with E-state index in [2.05, 4.69) is 25.7 Å². The maximum Gasteiger partial charge on any atom is 0.418 e. The SMILES string of the molecule is CCNc1cc(Nc2cnn(C)c2)nc2[nH]cc(C(F)(F)F)c12. The second-order valence-electron chi connectivity index (χ2n) is 5.04. The molecule has 0 aliphatic rings. The van der Waals surface area contributed by atoms with E-state index in [0.717, 1.165) is 6.20 Å². The van der Waals surface area contributed by atoms with Gasteiger partial charge in [0.05, 0.1) is 22.8 Å². The van der Waals surface area contributed by atoms with Gasteiger partial charge in [-0.15, -0.1) is 0 Å². The van der Waals surface area contributed by atoms with Gasteiger partial charge in [0.2, 0.25) is 0 Å². The Labute approximate surface area is 129 Å². The fourth-order valence-corrected chi connectivity index (χ4v) is 2.39. The summed E-state index contributed by atoms with van der Waals surface area (Å²) in [5, 5.41) is 10.1. The Bertz CT molecular complexity index is 833. The van der Waals surface area contributed by atoms with E-state index in [0.29, 0.717) is 23.7 Å². The molecule has 0 bridgehead atoms. The van der Waals surface area contributed by atoms with Crippen molar-refractivity contribution in [2.75, 3.05) is 17.2 Å². The van der Waals surface area contributed by atoms with Gasteiger partial charge < -0.3 is 15.6 Å². The third kappa shape index (κ3) is 2.94. The molecule has 23 heavy (non-hydrogen) atoms. The molecule has 0 unspecified atom stereocenters. The minimum Gasteiger partial charge on any atom is -0.385 e. The number of pyridine rings is 1. The van der Waals surface area contributed by atoms with Crippen LogP contribution in [0.25, 0.3) is 11.0 Å². The highest BCUT2D eigenvalue weighted by atomic mass is 19.4. The molecule has 0 aliphatic carbocycles. The van der Waals surface area contributed by atoms with Crippen molar-refractivity contribution in [3.05, 3.63) is 30.2 Å². The highest BCUT2D eigenvalue weighted by Crippen LogP contribution is 2.38. The number of hydrogen-bond acceptors (Lipinski definition) is 4. The van der Waals surface area contributed by atoms with E-state index in [1.54, 1.807) is 30.2 Å². The average Bonchev–Trinajstić information content (AvgIpc) is 3.05. The molecule has 6 nitrogen and oxygen atoms in total. The van der Waals surface area contributed by atoms with Crippen LogP contribution < -0.4 is 10.6 Å². The molecular weight excluding hydrogens is 309 g/mol. The van der Waals surface area contributed by atoms with Crippen LogP contribution in [0.1, 0.15) is 12.5 Å². The van der Waals surface area contributed by atoms with Gasteiger partial charge in [0.1, 0.15) is 11.5 Å². The molecule has 0 atom stereocenters. The van der Waals surface area contributed by atoms with Gasteiger partial charge >= 0.3 is 6.18 Å². The van der Waals surface area contributed by atoms with E-state index in [1.807, 2.05) is 6.92 Å². The number of alkyl halides is 3. The minimum absolute atomic E-state index is 0.0380. The number of aromatic amines is 1. The number of fused-ring (bicyclic) bond motifs is 1. The highest BCUT2D eigenvalue weighted by molar-refractivity contribution is 5.95. The van der Waals surface area contributed by atoms with Crippen molar-refractivity contribution in [1.82, 2.24) is 19.7 Å². The number of nitrogens with one attached hydrogen (secondary N) is 3. The first-order chi connectivity index (χ1) is 10.9. The lowest BCUT2D eigenvalue weighted by molar-refractivity contribution is -0.136. The van der Waals surface area contributed by atoms with Crippen LogP contribution in [0.3, 0.4) is 0 Å². The Hall–Kier alpha value is -2.71. The lowest BCUT2D eigenvalue weighted by Gasteiger charge is -2.11. The van der Waals surface area contributed by atoms with Crippen LogP contribution in [0.15, 0.2) is 24.7 Å². The smallest absolute Gasteiger partial charge is 0.385 e. The molecule has 3 heterocycles. The van der Waals surface area contributed by atoms with Crippen molar-refractivity contribution in [3.8, 4) is 0 Å². The van der Waals surface area contributed by atoms with Crippen LogP contribution in [-0.2, 0) is 13.2 Å². The van der Waals surface area contributed by atoms with Crippen molar-refractivity contribution >= 4 is 28.2 Å². The van der Waals surface area contributed by atoms with Gasteiger partial charge in [-0.2, -0.15) is 18.3 Å². The Morgan fingerprint density at radius 2 is 2.13 bits per heavy atom. The zero-order chi connectivity index (χ0) is 16.6. The summed E-state index contributed by atoms with van der Waals surface area (Å²) in [6.07, 6.45) is -0.155. The van der Waals surface area contributed by atoms with E-state index in [-0.39, 0.29) is 11.0 Å². The Kier molecular flexibility index (Phi) is 3.63. The quantitative estimate of drug-likeness (QED) is 0.687. The molecule has 9 heteroatoms. The first kappa shape index (κ1) is 15.2. The van der Waals surface area contributed by atoms with Crippen LogP contribution >= 0.6 is 0 Å². The molecule has 0 fully saturated rings. The van der Waals surface area contributed by atoms with Crippen LogP contribution in [0.4, 0.5) is 30.4 Å². The lowest BCUT2D eigenvalue weighted by atomic mass is 10.1. The Morgan fingerprint density at radius 1 is 1.35 bits per heavy atom. The van der Waals surface area contributed by atoms with Gasteiger partial charge in [0.25, 0.3) is 0 Å². The number of anilines is 3. The summed E-state index contributed by atoms with van der Waals surface area (Å²) >= 11 is 0. The molecular formula is C14H15F3N6. The minimum atomic E-state index is -4.44. The number of aryl methyl sites for hydroxylation is 1.